The van der Waals surface area contributed by atoms with Gasteiger partial charge in [-0.2, -0.15) is 0 Å². The van der Waals surface area contributed by atoms with Crippen molar-refractivity contribution >= 4 is 17.3 Å². The van der Waals surface area contributed by atoms with Crippen LogP contribution >= 0.6 is 0 Å². The Kier molecular flexibility index (Phi) is 2.63. The number of para-hydroxylation sites is 1. The van der Waals surface area contributed by atoms with Crippen molar-refractivity contribution in [3.8, 4) is 11.4 Å². The molecule has 0 unspecified atom stereocenters. The number of nitrogens with zero attached hydrogens (tertiary/aromatic N) is 2. The molecule has 0 bridgehead atoms. The van der Waals surface area contributed by atoms with Gasteiger partial charge in [-0.05, 0) is 12.1 Å². The topological polar surface area (TPSA) is 34.9 Å². The number of benzene rings is 2. The van der Waals surface area contributed by atoms with E-state index in [9.17, 15) is 9.18 Å². The highest BCUT2D eigenvalue weighted by Gasteiger charge is 2.12. The van der Waals surface area contributed by atoms with Crippen LogP contribution in [0.25, 0.3) is 22.4 Å². The molecule has 0 saturated heterocycles. The lowest BCUT2D eigenvalue weighted by atomic mass is 10.1. The quantitative estimate of drug-likeness (QED) is 0.658. The monoisotopic (exact) mass is 254 g/mol. The van der Waals surface area contributed by atoms with Gasteiger partial charge in [0.1, 0.15) is 17.6 Å². The molecule has 0 saturated carbocycles. The first-order chi connectivity index (χ1) is 9.20. The van der Waals surface area contributed by atoms with E-state index in [-0.39, 0.29) is 5.82 Å². The molecule has 3 nitrogen and oxygen atoms in total. The molecule has 0 N–H and O–H groups in total. The summed E-state index contributed by atoms with van der Waals surface area (Å²) in [5.74, 6) is 0.349. The third kappa shape index (κ3) is 1.81. The smallest absolute Gasteiger partial charge is 0.151 e. The Morgan fingerprint density at radius 3 is 2.53 bits per heavy atom. The van der Waals surface area contributed by atoms with Crippen LogP contribution in [0.2, 0.25) is 0 Å². The van der Waals surface area contributed by atoms with Crippen molar-refractivity contribution in [1.82, 2.24) is 9.55 Å². The first-order valence-electron chi connectivity index (χ1n) is 5.87. The molecule has 0 aliphatic carbocycles. The number of halogens is 1. The fraction of sp³-hybridized carbons (Fsp3) is 0.0667. The summed E-state index contributed by atoms with van der Waals surface area (Å²) >= 11 is 0. The second kappa shape index (κ2) is 4.31. The van der Waals surface area contributed by atoms with Gasteiger partial charge in [-0.3, -0.25) is 4.79 Å². The second-order valence-corrected chi connectivity index (χ2v) is 4.34. The minimum atomic E-state index is -0.330. The van der Waals surface area contributed by atoms with E-state index in [1.54, 1.807) is 18.2 Å². The molecular weight excluding hydrogens is 243 g/mol. The highest BCUT2D eigenvalue weighted by Crippen LogP contribution is 2.25. The van der Waals surface area contributed by atoms with Gasteiger partial charge < -0.3 is 4.57 Å². The Balaban J connectivity index is 2.21. The van der Waals surface area contributed by atoms with E-state index < -0.39 is 0 Å². The Hall–Kier alpha value is -2.49. The van der Waals surface area contributed by atoms with E-state index in [2.05, 4.69) is 4.98 Å². The average Bonchev–Trinajstić information content (AvgIpc) is 2.78. The SMILES string of the molecule is Cn1c(-c2ccc(C=O)cc2)nc2c(F)cccc21. The molecule has 4 heteroatoms. The van der Waals surface area contributed by atoms with Gasteiger partial charge in [0.15, 0.2) is 5.82 Å². The van der Waals surface area contributed by atoms with Crippen LogP contribution in [-0.2, 0) is 7.05 Å². The van der Waals surface area contributed by atoms with Crippen LogP contribution in [0.1, 0.15) is 10.4 Å². The minimum absolute atomic E-state index is 0.330. The van der Waals surface area contributed by atoms with Crippen LogP contribution in [0.5, 0.6) is 0 Å². The lowest BCUT2D eigenvalue weighted by Gasteiger charge is -2.02. The van der Waals surface area contributed by atoms with Crippen molar-refractivity contribution in [3.05, 3.63) is 53.8 Å². The maximum absolute atomic E-state index is 13.7. The molecule has 0 fully saturated rings. The third-order valence-electron chi connectivity index (χ3n) is 3.17. The average molecular weight is 254 g/mol. The van der Waals surface area contributed by atoms with Gasteiger partial charge in [0, 0.05) is 18.2 Å². The maximum Gasteiger partial charge on any atom is 0.151 e. The first-order valence-corrected chi connectivity index (χ1v) is 5.87. The van der Waals surface area contributed by atoms with Crippen molar-refractivity contribution in [1.29, 1.82) is 0 Å². The van der Waals surface area contributed by atoms with Gasteiger partial charge in [-0.1, -0.05) is 30.3 Å². The molecule has 0 amide bonds. The van der Waals surface area contributed by atoms with E-state index in [1.807, 2.05) is 29.8 Å². The van der Waals surface area contributed by atoms with Gasteiger partial charge in [-0.25, -0.2) is 9.37 Å². The molecule has 3 aromatic rings. The van der Waals surface area contributed by atoms with Gasteiger partial charge in [0.05, 0.1) is 5.52 Å². The number of rotatable bonds is 2. The maximum atomic E-state index is 13.7. The zero-order valence-electron chi connectivity index (χ0n) is 10.3. The largest absolute Gasteiger partial charge is 0.327 e. The lowest BCUT2D eigenvalue weighted by molar-refractivity contribution is 0.112. The summed E-state index contributed by atoms with van der Waals surface area (Å²) in [4.78, 5) is 15.0. The summed E-state index contributed by atoms with van der Waals surface area (Å²) in [5.41, 5.74) is 2.56. The van der Waals surface area contributed by atoms with Crippen LogP contribution < -0.4 is 0 Å². The zero-order chi connectivity index (χ0) is 13.4. The third-order valence-corrected chi connectivity index (χ3v) is 3.17. The number of carbonyl (C=O) groups is 1. The van der Waals surface area contributed by atoms with Gasteiger partial charge in [0.2, 0.25) is 0 Å². The minimum Gasteiger partial charge on any atom is -0.327 e. The molecule has 0 aliphatic rings. The van der Waals surface area contributed by atoms with Crippen molar-refractivity contribution in [3.63, 3.8) is 0 Å². The van der Waals surface area contributed by atoms with Crippen LogP contribution in [0.15, 0.2) is 42.5 Å². The Morgan fingerprint density at radius 1 is 1.16 bits per heavy atom. The summed E-state index contributed by atoms with van der Waals surface area (Å²) in [6.45, 7) is 0. The number of imidazole rings is 1. The standard InChI is InChI=1S/C15H11FN2O/c1-18-13-4-2-3-12(16)14(13)17-15(18)11-7-5-10(9-19)6-8-11/h2-9H,1H3. The van der Waals surface area contributed by atoms with E-state index in [0.29, 0.717) is 16.9 Å². The van der Waals surface area contributed by atoms with E-state index in [1.165, 1.54) is 6.07 Å². The lowest BCUT2D eigenvalue weighted by Crippen LogP contribution is -1.92. The summed E-state index contributed by atoms with van der Waals surface area (Å²) in [5, 5.41) is 0. The zero-order valence-corrected chi connectivity index (χ0v) is 10.3. The van der Waals surface area contributed by atoms with Crippen LogP contribution in [0.4, 0.5) is 4.39 Å². The number of hydrogen-bond donors (Lipinski definition) is 0. The molecule has 2 aromatic carbocycles. The normalized spacial score (nSPS) is 10.8. The molecule has 1 heterocycles. The number of fused-ring (bicyclic) bond motifs is 1. The summed E-state index contributed by atoms with van der Waals surface area (Å²) < 4.78 is 15.5. The Morgan fingerprint density at radius 2 is 1.89 bits per heavy atom. The molecule has 0 atom stereocenters. The predicted octanol–water partition coefficient (Wildman–Crippen LogP) is 3.19. The highest BCUT2D eigenvalue weighted by atomic mass is 19.1. The first kappa shape index (κ1) is 11.6. The molecule has 1 aromatic heterocycles. The van der Waals surface area contributed by atoms with Crippen LogP contribution in [0.3, 0.4) is 0 Å². The number of aromatic nitrogens is 2. The van der Waals surface area contributed by atoms with Crippen molar-refractivity contribution in [2.24, 2.45) is 7.05 Å². The number of aldehydes is 1. The fourth-order valence-corrected chi connectivity index (χ4v) is 2.15. The fourth-order valence-electron chi connectivity index (χ4n) is 2.15. The molecule has 19 heavy (non-hydrogen) atoms. The summed E-state index contributed by atoms with van der Waals surface area (Å²) in [7, 11) is 1.84. The molecule has 0 spiro atoms. The Labute approximate surface area is 109 Å². The van der Waals surface area contributed by atoms with Gasteiger partial charge >= 0.3 is 0 Å². The van der Waals surface area contributed by atoms with Crippen molar-refractivity contribution in [2.75, 3.05) is 0 Å². The number of hydrogen-bond acceptors (Lipinski definition) is 2. The highest BCUT2D eigenvalue weighted by molar-refractivity contribution is 5.82. The Bertz CT molecular complexity index is 760. The molecular formula is C15H11FN2O. The van der Waals surface area contributed by atoms with Crippen molar-refractivity contribution in [2.45, 2.75) is 0 Å². The van der Waals surface area contributed by atoms with Crippen molar-refractivity contribution < 1.29 is 9.18 Å². The molecule has 0 radical (unpaired) electrons. The molecule has 94 valence electrons. The van der Waals surface area contributed by atoms with Crippen LogP contribution in [-0.4, -0.2) is 15.8 Å². The van der Waals surface area contributed by atoms with Gasteiger partial charge in [0.25, 0.3) is 0 Å². The second-order valence-electron chi connectivity index (χ2n) is 4.34. The van der Waals surface area contributed by atoms with Crippen LogP contribution in [0, 0.1) is 5.82 Å². The van der Waals surface area contributed by atoms with E-state index in [4.69, 9.17) is 0 Å². The molecule has 0 aliphatic heterocycles. The molecule has 3 rings (SSSR count). The summed E-state index contributed by atoms with van der Waals surface area (Å²) in [6, 6.07) is 11.9. The van der Waals surface area contributed by atoms with E-state index >= 15 is 0 Å². The summed E-state index contributed by atoms with van der Waals surface area (Å²) in [6.07, 6.45) is 0.790. The van der Waals surface area contributed by atoms with E-state index in [0.717, 1.165) is 17.4 Å². The predicted molar refractivity (Wildman–Crippen MR) is 71.5 cm³/mol. The number of carbonyl (C=O) groups excluding carboxylic acids is 1. The number of aryl methyl sites for hydroxylation is 1. The van der Waals surface area contributed by atoms with Gasteiger partial charge in [-0.15, -0.1) is 0 Å².